The fourth-order valence-electron chi connectivity index (χ4n) is 2.58. The van der Waals surface area contributed by atoms with Gasteiger partial charge in [-0.2, -0.15) is 0 Å². The molecule has 6 nitrogen and oxygen atoms in total. The van der Waals surface area contributed by atoms with E-state index in [4.69, 9.17) is 14.2 Å². The smallest absolute Gasteiger partial charge is 0.160 e. The molecule has 0 saturated carbocycles. The molecule has 0 amide bonds. The number of hydrogen-bond donors (Lipinski definition) is 2. The van der Waals surface area contributed by atoms with Crippen LogP contribution in [0.2, 0.25) is 0 Å². The molecule has 0 atom stereocenters. The maximum Gasteiger partial charge on any atom is 0.160 e. The SMILES string of the molecule is COc1ccc(-c2[nH]cnc2-c2cc(OC)c(Br)c(OC)c2)cc1O. The Bertz CT molecular complexity index is 883. The van der Waals surface area contributed by atoms with Crippen molar-refractivity contribution in [3.8, 4) is 45.5 Å². The summed E-state index contributed by atoms with van der Waals surface area (Å²) in [5.41, 5.74) is 3.09. The number of rotatable bonds is 5. The molecule has 7 heteroatoms. The van der Waals surface area contributed by atoms with Crippen LogP contribution in [-0.2, 0) is 0 Å². The van der Waals surface area contributed by atoms with Crippen LogP contribution in [0.4, 0.5) is 0 Å². The lowest BCUT2D eigenvalue weighted by Crippen LogP contribution is -1.93. The molecule has 2 aromatic carbocycles. The molecule has 25 heavy (non-hydrogen) atoms. The van der Waals surface area contributed by atoms with Crippen LogP contribution in [0.5, 0.6) is 23.0 Å². The van der Waals surface area contributed by atoms with Crippen LogP contribution in [0, 0.1) is 0 Å². The van der Waals surface area contributed by atoms with E-state index in [-0.39, 0.29) is 5.75 Å². The maximum absolute atomic E-state index is 10.0. The molecule has 0 spiro atoms. The second-order valence-electron chi connectivity index (χ2n) is 5.21. The number of benzene rings is 2. The fourth-order valence-corrected chi connectivity index (χ4v) is 3.14. The number of halogens is 1. The van der Waals surface area contributed by atoms with Gasteiger partial charge in [0.1, 0.15) is 16.0 Å². The number of phenols is 1. The minimum atomic E-state index is 0.0616. The van der Waals surface area contributed by atoms with Gasteiger partial charge in [0.15, 0.2) is 11.5 Å². The number of aromatic hydroxyl groups is 1. The molecule has 0 fully saturated rings. The van der Waals surface area contributed by atoms with Crippen LogP contribution in [0.1, 0.15) is 0 Å². The minimum Gasteiger partial charge on any atom is -0.504 e. The van der Waals surface area contributed by atoms with Gasteiger partial charge in [0.2, 0.25) is 0 Å². The van der Waals surface area contributed by atoms with Crippen LogP contribution in [0.25, 0.3) is 22.5 Å². The first-order chi connectivity index (χ1) is 12.1. The number of methoxy groups -OCH3 is 3. The zero-order valence-electron chi connectivity index (χ0n) is 14.0. The van der Waals surface area contributed by atoms with Gasteiger partial charge in [0.25, 0.3) is 0 Å². The van der Waals surface area contributed by atoms with Crippen molar-refractivity contribution in [1.82, 2.24) is 9.97 Å². The summed E-state index contributed by atoms with van der Waals surface area (Å²) in [5, 5.41) is 10.0. The standard InChI is InChI=1S/C18H17BrN2O4/c1-23-13-5-4-10(6-12(13)22)17-18(21-9-20-17)11-7-14(24-2)16(19)15(8-11)25-3/h4-9,22H,1-3H3,(H,20,21). The average molecular weight is 405 g/mol. The number of ether oxygens (including phenoxy) is 3. The zero-order chi connectivity index (χ0) is 18.0. The van der Waals surface area contributed by atoms with Gasteiger partial charge >= 0.3 is 0 Å². The van der Waals surface area contributed by atoms with Gasteiger partial charge in [0.05, 0.1) is 39.0 Å². The molecule has 2 N–H and O–H groups in total. The van der Waals surface area contributed by atoms with Gasteiger partial charge in [-0.15, -0.1) is 0 Å². The highest BCUT2D eigenvalue weighted by Crippen LogP contribution is 2.41. The molecule has 0 bridgehead atoms. The third-order valence-corrected chi connectivity index (χ3v) is 4.61. The predicted octanol–water partition coefficient (Wildman–Crippen LogP) is 4.24. The molecular weight excluding hydrogens is 388 g/mol. The van der Waals surface area contributed by atoms with Crippen molar-refractivity contribution < 1.29 is 19.3 Å². The van der Waals surface area contributed by atoms with Gasteiger partial charge in [-0.25, -0.2) is 4.98 Å². The van der Waals surface area contributed by atoms with Crippen molar-refractivity contribution in [3.05, 3.63) is 41.1 Å². The number of nitrogens with one attached hydrogen (secondary N) is 1. The predicted molar refractivity (Wildman–Crippen MR) is 98.5 cm³/mol. The molecule has 3 rings (SSSR count). The van der Waals surface area contributed by atoms with E-state index in [1.807, 2.05) is 18.2 Å². The van der Waals surface area contributed by atoms with E-state index in [0.29, 0.717) is 22.9 Å². The summed E-state index contributed by atoms with van der Waals surface area (Å²) in [6, 6.07) is 8.93. The first-order valence-electron chi connectivity index (χ1n) is 7.41. The first kappa shape index (κ1) is 17.2. The van der Waals surface area contributed by atoms with E-state index < -0.39 is 0 Å². The number of imidazole rings is 1. The Kier molecular flexibility index (Phi) is 4.85. The Labute approximate surface area is 153 Å². The lowest BCUT2D eigenvalue weighted by Gasteiger charge is -2.12. The number of phenolic OH excluding ortho intramolecular Hbond substituents is 1. The largest absolute Gasteiger partial charge is 0.504 e. The van der Waals surface area contributed by atoms with Crippen molar-refractivity contribution in [2.75, 3.05) is 21.3 Å². The quantitative estimate of drug-likeness (QED) is 0.664. The van der Waals surface area contributed by atoms with Crippen molar-refractivity contribution in [2.45, 2.75) is 0 Å². The number of nitrogens with zero attached hydrogens (tertiary/aromatic N) is 1. The Hall–Kier alpha value is -2.67. The maximum atomic E-state index is 10.0. The van der Waals surface area contributed by atoms with E-state index in [1.54, 1.807) is 32.7 Å². The molecule has 1 heterocycles. The summed E-state index contributed by atoms with van der Waals surface area (Å²) in [4.78, 5) is 7.54. The highest BCUT2D eigenvalue weighted by Gasteiger charge is 2.17. The average Bonchev–Trinajstić information content (AvgIpc) is 3.11. The number of aromatic nitrogens is 2. The van der Waals surface area contributed by atoms with E-state index in [2.05, 4.69) is 25.9 Å². The summed E-state index contributed by atoms with van der Waals surface area (Å²) in [5.74, 6) is 1.75. The normalized spacial score (nSPS) is 10.6. The molecule has 0 aliphatic rings. The van der Waals surface area contributed by atoms with Gasteiger partial charge in [0, 0.05) is 11.1 Å². The molecule has 0 radical (unpaired) electrons. The van der Waals surface area contributed by atoms with Crippen LogP contribution in [0.15, 0.2) is 41.1 Å². The Morgan fingerprint density at radius 1 is 0.920 bits per heavy atom. The zero-order valence-corrected chi connectivity index (χ0v) is 15.5. The van der Waals surface area contributed by atoms with E-state index in [9.17, 15) is 5.11 Å². The molecule has 0 unspecified atom stereocenters. The van der Waals surface area contributed by atoms with E-state index in [1.165, 1.54) is 7.11 Å². The molecular formula is C18H17BrN2O4. The highest BCUT2D eigenvalue weighted by atomic mass is 79.9. The third kappa shape index (κ3) is 3.15. The van der Waals surface area contributed by atoms with Gasteiger partial charge in [-0.05, 0) is 46.3 Å². The van der Waals surface area contributed by atoms with Gasteiger partial charge in [-0.3, -0.25) is 0 Å². The lowest BCUT2D eigenvalue weighted by atomic mass is 10.0. The highest BCUT2D eigenvalue weighted by molar-refractivity contribution is 9.10. The lowest BCUT2D eigenvalue weighted by molar-refractivity contribution is 0.373. The number of H-pyrrole nitrogens is 1. The second kappa shape index (κ2) is 7.06. The van der Waals surface area contributed by atoms with Crippen molar-refractivity contribution in [1.29, 1.82) is 0 Å². The van der Waals surface area contributed by atoms with Crippen LogP contribution in [0.3, 0.4) is 0 Å². The number of hydrogen-bond acceptors (Lipinski definition) is 5. The summed E-state index contributed by atoms with van der Waals surface area (Å²) < 4.78 is 16.6. The summed E-state index contributed by atoms with van der Waals surface area (Å²) in [6.45, 7) is 0. The first-order valence-corrected chi connectivity index (χ1v) is 8.21. The van der Waals surface area contributed by atoms with Gasteiger partial charge < -0.3 is 24.3 Å². The van der Waals surface area contributed by atoms with Crippen LogP contribution < -0.4 is 14.2 Å². The monoisotopic (exact) mass is 404 g/mol. The molecule has 0 saturated heterocycles. The van der Waals surface area contributed by atoms with E-state index >= 15 is 0 Å². The van der Waals surface area contributed by atoms with E-state index in [0.717, 1.165) is 21.3 Å². The van der Waals surface area contributed by atoms with Crippen LogP contribution >= 0.6 is 15.9 Å². The second-order valence-corrected chi connectivity index (χ2v) is 6.00. The Morgan fingerprint density at radius 2 is 1.56 bits per heavy atom. The molecule has 1 aromatic heterocycles. The molecule has 0 aliphatic heterocycles. The molecule has 0 aliphatic carbocycles. The van der Waals surface area contributed by atoms with Gasteiger partial charge in [-0.1, -0.05) is 0 Å². The summed E-state index contributed by atoms with van der Waals surface area (Å²) in [6.07, 6.45) is 1.60. The molecule has 130 valence electrons. The topological polar surface area (TPSA) is 76.6 Å². The molecule has 3 aromatic rings. The van der Waals surface area contributed by atoms with Crippen LogP contribution in [-0.4, -0.2) is 36.4 Å². The Morgan fingerprint density at radius 3 is 2.12 bits per heavy atom. The van der Waals surface area contributed by atoms with Crippen molar-refractivity contribution >= 4 is 15.9 Å². The minimum absolute atomic E-state index is 0.0616. The summed E-state index contributed by atoms with van der Waals surface area (Å²) in [7, 11) is 4.70. The summed E-state index contributed by atoms with van der Waals surface area (Å²) >= 11 is 3.46. The van der Waals surface area contributed by atoms with Crippen molar-refractivity contribution in [3.63, 3.8) is 0 Å². The fraction of sp³-hybridized carbons (Fsp3) is 0.167. The van der Waals surface area contributed by atoms with Crippen molar-refractivity contribution in [2.24, 2.45) is 0 Å². The Balaban J connectivity index is 2.13. The number of aromatic amines is 1. The third-order valence-electron chi connectivity index (χ3n) is 3.83.